The number of carbonyl (C=O) groups excluding carboxylic acids is 1. The molecule has 0 radical (unpaired) electrons. The van der Waals surface area contributed by atoms with Crippen LogP contribution >= 0.6 is 11.8 Å². The van der Waals surface area contributed by atoms with Gasteiger partial charge in [0.15, 0.2) is 5.16 Å². The van der Waals surface area contributed by atoms with Crippen LogP contribution < -0.4 is 10.9 Å². The van der Waals surface area contributed by atoms with Crippen LogP contribution in [-0.2, 0) is 17.6 Å². The summed E-state index contributed by atoms with van der Waals surface area (Å²) in [5, 5.41) is 3.15. The maximum absolute atomic E-state index is 12.5. The Morgan fingerprint density at radius 2 is 2.00 bits per heavy atom. The topological polar surface area (TPSA) is 74.8 Å². The molecule has 0 spiro atoms. The number of H-pyrrole nitrogens is 1. The van der Waals surface area contributed by atoms with E-state index in [1.807, 2.05) is 39.0 Å². The molecule has 24 heavy (non-hydrogen) atoms. The van der Waals surface area contributed by atoms with Crippen LogP contribution in [0.3, 0.4) is 0 Å². The van der Waals surface area contributed by atoms with Crippen molar-refractivity contribution in [3.05, 3.63) is 50.9 Å². The zero-order chi connectivity index (χ0) is 17.3. The minimum absolute atomic E-state index is 0.0673. The Morgan fingerprint density at radius 3 is 2.71 bits per heavy atom. The quantitative estimate of drug-likeness (QED) is 0.661. The van der Waals surface area contributed by atoms with Crippen LogP contribution in [0.4, 0.5) is 5.69 Å². The molecule has 0 saturated heterocycles. The highest BCUT2D eigenvalue weighted by Gasteiger charge is 2.21. The Morgan fingerprint density at radius 1 is 1.29 bits per heavy atom. The Bertz CT molecular complexity index is 824. The summed E-state index contributed by atoms with van der Waals surface area (Å²) < 4.78 is 0. The summed E-state index contributed by atoms with van der Waals surface area (Å²) in [7, 11) is 0. The summed E-state index contributed by atoms with van der Waals surface area (Å²) in [6.45, 7) is 5.76. The smallest absolute Gasteiger partial charge is 0.254 e. The lowest BCUT2D eigenvalue weighted by Crippen LogP contribution is -2.24. The van der Waals surface area contributed by atoms with E-state index in [9.17, 15) is 9.59 Å². The van der Waals surface area contributed by atoms with Crippen LogP contribution in [0.5, 0.6) is 0 Å². The zero-order valence-corrected chi connectivity index (χ0v) is 14.9. The highest BCUT2D eigenvalue weighted by atomic mass is 32.2. The molecule has 0 bridgehead atoms. The predicted molar refractivity (Wildman–Crippen MR) is 96.7 cm³/mol. The molecule has 1 atom stereocenters. The number of carbonyl (C=O) groups is 1. The standard InChI is InChI=1S/C18H21N3O2S/c1-10-6-4-7-11(2)15(10)20-16(22)12(3)24-18-19-14-9-5-8-13(14)17(23)21-18/h4,6-7,12H,5,8-9H2,1-3H3,(H,20,22)(H,19,21,23). The molecule has 2 aromatic rings. The number of aromatic amines is 1. The number of rotatable bonds is 4. The fourth-order valence-electron chi connectivity index (χ4n) is 2.93. The van der Waals surface area contributed by atoms with Gasteiger partial charge in [0.2, 0.25) is 5.91 Å². The summed E-state index contributed by atoms with van der Waals surface area (Å²) in [6.07, 6.45) is 2.61. The molecule has 0 aliphatic heterocycles. The van der Waals surface area contributed by atoms with Crippen molar-refractivity contribution in [3.63, 3.8) is 0 Å². The predicted octanol–water partition coefficient (Wildman–Crippen LogP) is 2.99. The van der Waals surface area contributed by atoms with E-state index in [0.29, 0.717) is 5.16 Å². The van der Waals surface area contributed by atoms with Gasteiger partial charge < -0.3 is 10.3 Å². The SMILES string of the molecule is Cc1cccc(C)c1NC(=O)C(C)Sc1nc2c(c(=O)[nH]1)CCC2. The molecule has 6 heteroatoms. The van der Waals surface area contributed by atoms with Gasteiger partial charge >= 0.3 is 0 Å². The number of nitrogens with zero attached hydrogens (tertiary/aromatic N) is 1. The van der Waals surface area contributed by atoms with Gasteiger partial charge in [-0.05, 0) is 51.2 Å². The molecular formula is C18H21N3O2S. The molecule has 126 valence electrons. The van der Waals surface area contributed by atoms with Crippen LogP contribution in [0.1, 0.15) is 35.7 Å². The molecule has 2 N–H and O–H groups in total. The van der Waals surface area contributed by atoms with Gasteiger partial charge in [-0.25, -0.2) is 4.98 Å². The Labute approximate surface area is 145 Å². The van der Waals surface area contributed by atoms with Crippen LogP contribution in [0.2, 0.25) is 0 Å². The Balaban J connectivity index is 1.73. The van der Waals surface area contributed by atoms with Crippen molar-refractivity contribution in [2.45, 2.75) is 50.4 Å². The van der Waals surface area contributed by atoms with Crippen molar-refractivity contribution in [2.75, 3.05) is 5.32 Å². The summed E-state index contributed by atoms with van der Waals surface area (Å²) in [5.74, 6) is -0.0967. The zero-order valence-electron chi connectivity index (χ0n) is 14.1. The third kappa shape index (κ3) is 3.38. The average Bonchev–Trinajstić information content (AvgIpc) is 3.00. The van der Waals surface area contributed by atoms with Crippen LogP contribution in [0.15, 0.2) is 28.2 Å². The van der Waals surface area contributed by atoms with Gasteiger partial charge in [0.1, 0.15) is 0 Å². The van der Waals surface area contributed by atoms with E-state index < -0.39 is 0 Å². The largest absolute Gasteiger partial charge is 0.325 e. The first-order valence-corrected chi connectivity index (χ1v) is 8.99. The van der Waals surface area contributed by atoms with Gasteiger partial charge in [-0.15, -0.1) is 0 Å². The Hall–Kier alpha value is -2.08. The van der Waals surface area contributed by atoms with Crippen molar-refractivity contribution in [1.82, 2.24) is 9.97 Å². The monoisotopic (exact) mass is 343 g/mol. The summed E-state index contributed by atoms with van der Waals surface area (Å²) >= 11 is 1.28. The second-order valence-corrected chi connectivity index (χ2v) is 7.50. The number of aromatic nitrogens is 2. The normalized spacial score (nSPS) is 14.3. The fraction of sp³-hybridized carbons (Fsp3) is 0.389. The van der Waals surface area contributed by atoms with E-state index in [2.05, 4.69) is 15.3 Å². The number of nitrogens with one attached hydrogen (secondary N) is 2. The number of hydrogen-bond donors (Lipinski definition) is 2. The number of amides is 1. The first kappa shape index (κ1) is 16.8. The first-order valence-electron chi connectivity index (χ1n) is 8.11. The Kier molecular flexibility index (Phi) is 4.76. The summed E-state index contributed by atoms with van der Waals surface area (Å²) in [6, 6.07) is 5.91. The van der Waals surface area contributed by atoms with Gasteiger partial charge in [0.25, 0.3) is 5.56 Å². The van der Waals surface area contributed by atoms with Crippen molar-refractivity contribution in [1.29, 1.82) is 0 Å². The second kappa shape index (κ2) is 6.81. The minimum atomic E-state index is -0.355. The summed E-state index contributed by atoms with van der Waals surface area (Å²) in [5.41, 5.74) is 4.53. The van der Waals surface area contributed by atoms with Gasteiger partial charge in [0, 0.05) is 11.3 Å². The lowest BCUT2D eigenvalue weighted by atomic mass is 10.1. The third-order valence-electron chi connectivity index (χ3n) is 4.31. The number of aryl methyl sites for hydroxylation is 3. The van der Waals surface area contributed by atoms with E-state index in [1.54, 1.807) is 0 Å². The van der Waals surface area contributed by atoms with Crippen LogP contribution in [0.25, 0.3) is 0 Å². The maximum Gasteiger partial charge on any atom is 0.254 e. The highest BCUT2D eigenvalue weighted by molar-refractivity contribution is 8.00. The van der Waals surface area contributed by atoms with Crippen LogP contribution in [0, 0.1) is 13.8 Å². The number of para-hydroxylation sites is 1. The van der Waals surface area contributed by atoms with Gasteiger partial charge in [-0.3, -0.25) is 9.59 Å². The van der Waals surface area contributed by atoms with E-state index in [4.69, 9.17) is 0 Å². The lowest BCUT2D eigenvalue weighted by Gasteiger charge is -2.15. The number of anilines is 1. The second-order valence-electron chi connectivity index (χ2n) is 6.17. The first-order chi connectivity index (χ1) is 11.5. The average molecular weight is 343 g/mol. The number of fused-ring (bicyclic) bond motifs is 1. The van der Waals surface area contributed by atoms with E-state index in [1.165, 1.54) is 11.8 Å². The van der Waals surface area contributed by atoms with Crippen molar-refractivity contribution < 1.29 is 4.79 Å². The van der Waals surface area contributed by atoms with Gasteiger partial charge in [-0.2, -0.15) is 0 Å². The molecular weight excluding hydrogens is 322 g/mol. The van der Waals surface area contributed by atoms with Crippen molar-refractivity contribution >= 4 is 23.4 Å². The lowest BCUT2D eigenvalue weighted by molar-refractivity contribution is -0.115. The van der Waals surface area contributed by atoms with Gasteiger partial charge in [-0.1, -0.05) is 30.0 Å². The number of thioether (sulfide) groups is 1. The van der Waals surface area contributed by atoms with Crippen LogP contribution in [-0.4, -0.2) is 21.1 Å². The van der Waals surface area contributed by atoms with E-state index in [-0.39, 0.29) is 16.7 Å². The molecule has 3 rings (SSSR count). The third-order valence-corrected chi connectivity index (χ3v) is 5.29. The number of hydrogen-bond acceptors (Lipinski definition) is 4. The molecule has 1 aliphatic rings. The molecule has 1 unspecified atom stereocenters. The van der Waals surface area contributed by atoms with Crippen molar-refractivity contribution in [3.8, 4) is 0 Å². The molecule has 1 aromatic carbocycles. The van der Waals surface area contributed by atoms with E-state index >= 15 is 0 Å². The summed E-state index contributed by atoms with van der Waals surface area (Å²) in [4.78, 5) is 31.8. The van der Waals surface area contributed by atoms with Crippen molar-refractivity contribution in [2.24, 2.45) is 0 Å². The molecule has 0 saturated carbocycles. The molecule has 1 aromatic heterocycles. The highest BCUT2D eigenvalue weighted by Crippen LogP contribution is 2.25. The van der Waals surface area contributed by atoms with E-state index in [0.717, 1.165) is 47.3 Å². The fourth-order valence-corrected chi connectivity index (χ4v) is 3.75. The molecule has 0 fully saturated rings. The molecule has 1 aliphatic carbocycles. The molecule has 5 nitrogen and oxygen atoms in total. The minimum Gasteiger partial charge on any atom is -0.325 e. The maximum atomic E-state index is 12.5. The molecule has 1 heterocycles. The van der Waals surface area contributed by atoms with Gasteiger partial charge in [0.05, 0.1) is 10.9 Å². The number of benzene rings is 1. The molecule has 1 amide bonds.